The maximum Gasteiger partial charge on any atom is 0.315 e. The van der Waals surface area contributed by atoms with Crippen LogP contribution >= 0.6 is 37.0 Å². The maximum atomic E-state index is 13.0. The second-order valence-corrected chi connectivity index (χ2v) is 12.0. The Balaban J connectivity index is 2.62. The van der Waals surface area contributed by atoms with Crippen molar-refractivity contribution < 1.29 is 33.4 Å². The summed E-state index contributed by atoms with van der Waals surface area (Å²) in [5.74, 6) is -1.17. The highest BCUT2D eigenvalue weighted by Crippen LogP contribution is 2.42. The molecule has 0 spiro atoms. The van der Waals surface area contributed by atoms with Crippen molar-refractivity contribution in [2.45, 2.75) is 59.1 Å². The predicted octanol–water partition coefficient (Wildman–Crippen LogP) is 4.19. The summed E-state index contributed by atoms with van der Waals surface area (Å²) in [7, 11) is 0. The Morgan fingerprint density at radius 3 is 2.00 bits per heavy atom. The van der Waals surface area contributed by atoms with Gasteiger partial charge in [-0.25, -0.2) is 0 Å². The first-order chi connectivity index (χ1) is 16.4. The lowest BCUT2D eigenvalue weighted by atomic mass is 9.65. The highest BCUT2D eigenvalue weighted by Gasteiger charge is 2.39. The molecule has 0 aromatic heterocycles. The number of carbonyl (C=O) groups is 4. The number of thiol groups is 2. The van der Waals surface area contributed by atoms with Crippen LogP contribution in [0, 0.1) is 22.7 Å². The number of Topliss-reactive ketones (excluding diaryl/α,β-unsaturated/α-hetero) is 1. The van der Waals surface area contributed by atoms with Crippen molar-refractivity contribution in [3.8, 4) is 0 Å². The summed E-state index contributed by atoms with van der Waals surface area (Å²) in [5, 5.41) is -0.0347. The third-order valence-corrected chi connectivity index (χ3v) is 8.05. The second kappa shape index (κ2) is 15.2. The Labute approximate surface area is 224 Å². The van der Waals surface area contributed by atoms with Gasteiger partial charge >= 0.3 is 17.9 Å². The molecular formula is C25H40O7S3. The van der Waals surface area contributed by atoms with E-state index in [0.717, 1.165) is 6.42 Å². The van der Waals surface area contributed by atoms with Gasteiger partial charge in [-0.3, -0.25) is 19.2 Å². The molecule has 0 N–H and O–H groups in total. The number of ketones is 1. The molecule has 0 fully saturated rings. The lowest BCUT2D eigenvalue weighted by Crippen LogP contribution is -2.39. The first-order valence-corrected chi connectivity index (χ1v) is 14.2. The fraction of sp³-hybridized carbons (Fsp3) is 0.760. The number of thioether (sulfide) groups is 1. The zero-order chi connectivity index (χ0) is 26.6. The Morgan fingerprint density at radius 2 is 1.54 bits per heavy atom. The highest BCUT2D eigenvalue weighted by atomic mass is 32.2. The summed E-state index contributed by atoms with van der Waals surface area (Å²) in [5.41, 5.74) is -0.944. The molecule has 3 unspecified atom stereocenters. The molecule has 1 aliphatic rings. The highest BCUT2D eigenvalue weighted by molar-refractivity contribution is 8.00. The molecule has 0 saturated carbocycles. The largest absolute Gasteiger partial charge is 0.464 e. The van der Waals surface area contributed by atoms with E-state index in [1.807, 2.05) is 13.8 Å². The molecular weight excluding hydrogens is 508 g/mol. The van der Waals surface area contributed by atoms with Crippen molar-refractivity contribution in [2.75, 3.05) is 37.1 Å². The van der Waals surface area contributed by atoms with Gasteiger partial charge in [-0.15, -0.1) is 11.8 Å². The molecule has 7 nitrogen and oxygen atoms in total. The normalized spacial score (nSPS) is 20.1. The van der Waals surface area contributed by atoms with E-state index in [0.29, 0.717) is 12.8 Å². The van der Waals surface area contributed by atoms with Crippen LogP contribution in [0.2, 0.25) is 0 Å². The number of rotatable bonds is 15. The molecule has 200 valence electrons. The number of carbonyl (C=O) groups excluding carboxylic acids is 4. The third kappa shape index (κ3) is 10.8. The maximum absolute atomic E-state index is 13.0. The van der Waals surface area contributed by atoms with E-state index in [9.17, 15) is 19.2 Å². The molecule has 35 heavy (non-hydrogen) atoms. The van der Waals surface area contributed by atoms with Crippen LogP contribution in [0.1, 0.15) is 53.9 Å². The summed E-state index contributed by atoms with van der Waals surface area (Å²) in [6.07, 6.45) is 5.99. The molecule has 0 saturated heterocycles. The lowest BCUT2D eigenvalue weighted by molar-refractivity contribution is -0.158. The fourth-order valence-electron chi connectivity index (χ4n) is 4.21. The van der Waals surface area contributed by atoms with E-state index in [2.05, 4.69) is 58.2 Å². The minimum atomic E-state index is -0.866. The minimum Gasteiger partial charge on any atom is -0.464 e. The summed E-state index contributed by atoms with van der Waals surface area (Å²) in [6, 6.07) is 0. The van der Waals surface area contributed by atoms with Gasteiger partial charge in [0, 0.05) is 17.6 Å². The van der Waals surface area contributed by atoms with E-state index in [1.165, 1.54) is 11.8 Å². The summed E-state index contributed by atoms with van der Waals surface area (Å²) < 4.78 is 15.9. The molecule has 10 heteroatoms. The average molecular weight is 549 g/mol. The monoisotopic (exact) mass is 548 g/mol. The Hall–Kier alpha value is -1.13. The lowest BCUT2D eigenvalue weighted by Gasteiger charge is -2.39. The van der Waals surface area contributed by atoms with Gasteiger partial charge in [0.05, 0.1) is 22.7 Å². The molecule has 0 aromatic rings. The van der Waals surface area contributed by atoms with Crippen LogP contribution in [-0.2, 0) is 33.4 Å². The molecule has 0 aromatic carbocycles. The number of ether oxygens (including phenoxy) is 3. The van der Waals surface area contributed by atoms with Gasteiger partial charge in [-0.05, 0) is 24.2 Å². The molecule has 1 aliphatic carbocycles. The number of hydrogen-bond acceptors (Lipinski definition) is 10. The minimum absolute atomic E-state index is 0.0346. The Bertz CT molecular complexity index is 746. The van der Waals surface area contributed by atoms with E-state index >= 15 is 0 Å². The van der Waals surface area contributed by atoms with Crippen LogP contribution in [0.3, 0.4) is 0 Å². The van der Waals surface area contributed by atoms with Crippen molar-refractivity contribution >= 4 is 60.7 Å². The van der Waals surface area contributed by atoms with Gasteiger partial charge < -0.3 is 14.2 Å². The molecule has 0 aliphatic heterocycles. The van der Waals surface area contributed by atoms with Crippen LogP contribution in [-0.4, -0.2) is 66.0 Å². The van der Waals surface area contributed by atoms with Crippen LogP contribution < -0.4 is 0 Å². The quantitative estimate of drug-likeness (QED) is 0.136. The van der Waals surface area contributed by atoms with Gasteiger partial charge in [-0.2, -0.15) is 25.3 Å². The first kappa shape index (κ1) is 31.9. The van der Waals surface area contributed by atoms with Gasteiger partial charge in [-0.1, -0.05) is 46.8 Å². The van der Waals surface area contributed by atoms with Crippen LogP contribution in [0.4, 0.5) is 0 Å². The van der Waals surface area contributed by atoms with Crippen molar-refractivity contribution in [1.82, 2.24) is 0 Å². The Morgan fingerprint density at radius 1 is 1.03 bits per heavy atom. The van der Waals surface area contributed by atoms with Crippen LogP contribution in [0.5, 0.6) is 0 Å². The SMILES string of the molecule is CCC(COC(=O)CS)(COC(=O)CS)COC(=O)CSC(C)CC(=O)C1C(C)C=CCC1(C)C. The molecule has 1 rings (SSSR count). The van der Waals surface area contributed by atoms with Crippen LogP contribution in [0.25, 0.3) is 0 Å². The van der Waals surface area contributed by atoms with Gasteiger partial charge in [0.25, 0.3) is 0 Å². The number of esters is 3. The second-order valence-electron chi connectivity index (χ2n) is 9.90. The van der Waals surface area contributed by atoms with Crippen LogP contribution in [0.15, 0.2) is 12.2 Å². The van der Waals surface area contributed by atoms with Crippen molar-refractivity contribution in [3.63, 3.8) is 0 Å². The zero-order valence-corrected chi connectivity index (χ0v) is 24.0. The first-order valence-electron chi connectivity index (χ1n) is 11.9. The Kier molecular flexibility index (Phi) is 13.9. The summed E-state index contributed by atoms with van der Waals surface area (Å²) in [4.78, 5) is 48.7. The van der Waals surface area contributed by atoms with E-state index < -0.39 is 23.3 Å². The molecule has 0 amide bonds. The third-order valence-electron chi connectivity index (χ3n) is 6.40. The molecule has 3 atom stereocenters. The average Bonchev–Trinajstić information content (AvgIpc) is 2.81. The zero-order valence-electron chi connectivity index (χ0n) is 21.4. The van der Waals surface area contributed by atoms with E-state index in [-0.39, 0.29) is 65.4 Å². The van der Waals surface area contributed by atoms with Crippen molar-refractivity contribution in [1.29, 1.82) is 0 Å². The van der Waals surface area contributed by atoms with Gasteiger partial charge in [0.2, 0.25) is 0 Å². The standard InChI is InChI=1S/C25H40O7S3/c1-6-25(14-30-20(27)11-33,15-31-21(28)12-34)16-32-22(29)13-35-18(3)10-19(26)23-17(2)8-7-9-24(23,4)5/h7-8,17-18,23,33-34H,6,9-16H2,1-5H3. The number of hydrogen-bond donors (Lipinski definition) is 2. The van der Waals surface area contributed by atoms with Gasteiger partial charge in [0.1, 0.15) is 25.6 Å². The topological polar surface area (TPSA) is 96.0 Å². The van der Waals surface area contributed by atoms with E-state index in [1.54, 1.807) is 0 Å². The predicted molar refractivity (Wildman–Crippen MR) is 145 cm³/mol. The number of allylic oxidation sites excluding steroid dienone is 2. The summed E-state index contributed by atoms with van der Waals surface area (Å²) >= 11 is 9.16. The van der Waals surface area contributed by atoms with E-state index in [4.69, 9.17) is 14.2 Å². The van der Waals surface area contributed by atoms with Gasteiger partial charge in [0.15, 0.2) is 0 Å². The van der Waals surface area contributed by atoms with Crippen molar-refractivity contribution in [3.05, 3.63) is 12.2 Å². The molecule has 0 radical (unpaired) electrons. The smallest absolute Gasteiger partial charge is 0.315 e. The summed E-state index contributed by atoms with van der Waals surface area (Å²) in [6.45, 7) is 9.90. The van der Waals surface area contributed by atoms with Crippen molar-refractivity contribution in [2.24, 2.45) is 22.7 Å². The molecule has 0 bridgehead atoms. The fourth-order valence-corrected chi connectivity index (χ4v) is 5.18. The molecule has 0 heterocycles.